The molecule has 0 N–H and O–H groups in total. The lowest BCUT2D eigenvalue weighted by molar-refractivity contribution is 1.28. The summed E-state index contributed by atoms with van der Waals surface area (Å²) < 4.78 is 5.31. The maximum atomic E-state index is 2.38. The normalized spacial score (nSPS) is 11.6. The molecule has 0 radical (unpaired) electrons. The molecule has 12 rings (SSSR count). The number of thiophene rings is 2. The molecule has 0 aliphatic carbocycles. The van der Waals surface area contributed by atoms with Crippen molar-refractivity contribution in [3.05, 3.63) is 224 Å². The minimum Gasteiger partial charge on any atom is -0.311 e. The minimum atomic E-state index is 1.10. The summed E-state index contributed by atoms with van der Waals surface area (Å²) in [5.74, 6) is 0. The van der Waals surface area contributed by atoms with E-state index in [-0.39, 0.29) is 0 Å². The van der Waals surface area contributed by atoms with E-state index >= 15 is 0 Å². The Kier molecular flexibility index (Phi) is 8.62. The maximum Gasteiger partial charge on any atom is 0.0462 e. The average molecular weight is 812 g/mol. The van der Waals surface area contributed by atoms with Crippen molar-refractivity contribution in [3.8, 4) is 44.5 Å². The fourth-order valence-electron chi connectivity index (χ4n) is 9.12. The van der Waals surface area contributed by atoms with E-state index in [0.29, 0.717) is 0 Å². The van der Waals surface area contributed by atoms with Gasteiger partial charge >= 0.3 is 0 Å². The van der Waals surface area contributed by atoms with Crippen molar-refractivity contribution in [2.24, 2.45) is 0 Å². The molecule has 0 aliphatic heterocycles. The molecule has 0 atom stereocenters. The van der Waals surface area contributed by atoms with Crippen LogP contribution in [0.4, 0.5) is 17.1 Å². The summed E-state index contributed by atoms with van der Waals surface area (Å²) in [6.45, 7) is 0. The highest BCUT2D eigenvalue weighted by molar-refractivity contribution is 7.26. The van der Waals surface area contributed by atoms with E-state index in [2.05, 4.69) is 229 Å². The Hall–Kier alpha value is -7.30. The lowest BCUT2D eigenvalue weighted by Gasteiger charge is -2.26. The smallest absolute Gasteiger partial charge is 0.0462 e. The van der Waals surface area contributed by atoms with Crippen molar-refractivity contribution in [3.63, 3.8) is 0 Å². The number of hydrogen-bond donors (Lipinski definition) is 0. The highest BCUT2D eigenvalue weighted by Crippen LogP contribution is 2.44. The Balaban J connectivity index is 0.933. The van der Waals surface area contributed by atoms with Gasteiger partial charge < -0.3 is 4.90 Å². The second-order valence-electron chi connectivity index (χ2n) is 15.6. The van der Waals surface area contributed by atoms with Crippen molar-refractivity contribution in [1.29, 1.82) is 0 Å². The molecule has 2 heterocycles. The number of fused-ring (bicyclic) bond motifs is 7. The fraction of sp³-hybridized carbons (Fsp3) is 0. The zero-order valence-corrected chi connectivity index (χ0v) is 34.8. The predicted octanol–water partition coefficient (Wildman–Crippen LogP) is 17.7. The standard InChI is InChI=1S/C58H37NS2/c1-2-15-47-39(11-1)12-8-18-48(47)43-14-7-13-42(37-43)38-25-31-44(32-26-38)59(45-33-27-40(28-34-45)49-19-9-21-53-51-16-3-5-23-55(51)60-57(49)53)46-35-29-41(30-36-46)50-20-10-22-54-52-17-4-6-24-56(52)61-58(50)54/h1-37H. The van der Waals surface area contributed by atoms with Crippen LogP contribution in [0.3, 0.4) is 0 Å². The molecule has 0 amide bonds. The van der Waals surface area contributed by atoms with Gasteiger partial charge in [0.15, 0.2) is 0 Å². The van der Waals surface area contributed by atoms with Crippen molar-refractivity contribution in [2.75, 3.05) is 4.90 Å². The molecule has 10 aromatic carbocycles. The first-order valence-corrected chi connectivity index (χ1v) is 22.4. The molecule has 0 unspecified atom stereocenters. The first kappa shape index (κ1) is 35.6. The Morgan fingerprint density at radius 1 is 0.262 bits per heavy atom. The third-order valence-corrected chi connectivity index (χ3v) is 14.5. The molecule has 286 valence electrons. The quantitative estimate of drug-likeness (QED) is 0.155. The molecule has 0 aliphatic rings. The molecule has 0 fully saturated rings. The van der Waals surface area contributed by atoms with Crippen LogP contribution in [0.2, 0.25) is 0 Å². The zero-order chi connectivity index (χ0) is 40.3. The second-order valence-corrected chi connectivity index (χ2v) is 17.7. The Labute approximate surface area is 362 Å². The summed E-state index contributed by atoms with van der Waals surface area (Å²) in [7, 11) is 0. The summed E-state index contributed by atoms with van der Waals surface area (Å²) in [6.07, 6.45) is 0. The summed E-state index contributed by atoms with van der Waals surface area (Å²) in [6, 6.07) is 82.3. The summed E-state index contributed by atoms with van der Waals surface area (Å²) in [5, 5.41) is 7.80. The maximum absolute atomic E-state index is 2.38. The van der Waals surface area contributed by atoms with E-state index in [4.69, 9.17) is 0 Å². The molecule has 2 aromatic heterocycles. The van der Waals surface area contributed by atoms with Crippen LogP contribution < -0.4 is 4.90 Å². The highest BCUT2D eigenvalue weighted by atomic mass is 32.1. The molecular formula is C58H37NS2. The zero-order valence-electron chi connectivity index (χ0n) is 33.1. The monoisotopic (exact) mass is 811 g/mol. The number of benzene rings is 10. The Morgan fingerprint density at radius 3 is 1.25 bits per heavy atom. The predicted molar refractivity (Wildman–Crippen MR) is 266 cm³/mol. The Bertz CT molecular complexity index is 3410. The second kappa shape index (κ2) is 14.8. The first-order valence-electron chi connectivity index (χ1n) is 20.7. The van der Waals surface area contributed by atoms with Gasteiger partial charge in [-0.25, -0.2) is 0 Å². The molecular weight excluding hydrogens is 775 g/mol. The number of nitrogens with zero attached hydrogens (tertiary/aromatic N) is 1. The van der Waals surface area contributed by atoms with E-state index in [1.165, 1.54) is 95.6 Å². The van der Waals surface area contributed by atoms with Crippen LogP contribution in [0.25, 0.3) is 95.6 Å². The van der Waals surface area contributed by atoms with Gasteiger partial charge in [0.25, 0.3) is 0 Å². The molecule has 61 heavy (non-hydrogen) atoms. The van der Waals surface area contributed by atoms with Gasteiger partial charge in [-0.1, -0.05) is 170 Å². The number of rotatable bonds is 7. The molecule has 12 aromatic rings. The van der Waals surface area contributed by atoms with Crippen LogP contribution in [0.5, 0.6) is 0 Å². The van der Waals surface area contributed by atoms with Crippen LogP contribution in [-0.4, -0.2) is 0 Å². The van der Waals surface area contributed by atoms with E-state index in [9.17, 15) is 0 Å². The van der Waals surface area contributed by atoms with E-state index in [0.717, 1.165) is 17.1 Å². The number of hydrogen-bond acceptors (Lipinski definition) is 3. The van der Waals surface area contributed by atoms with Crippen LogP contribution >= 0.6 is 22.7 Å². The van der Waals surface area contributed by atoms with Crippen LogP contribution in [0, 0.1) is 0 Å². The lowest BCUT2D eigenvalue weighted by atomic mass is 9.95. The fourth-order valence-corrected chi connectivity index (χ4v) is 11.6. The van der Waals surface area contributed by atoms with E-state index in [1.807, 2.05) is 22.7 Å². The van der Waals surface area contributed by atoms with Gasteiger partial charge in [0.1, 0.15) is 0 Å². The third-order valence-electron chi connectivity index (χ3n) is 12.1. The largest absolute Gasteiger partial charge is 0.311 e. The minimum absolute atomic E-state index is 1.10. The van der Waals surface area contributed by atoms with Crippen molar-refractivity contribution in [1.82, 2.24) is 0 Å². The van der Waals surface area contributed by atoms with Crippen LogP contribution in [0.1, 0.15) is 0 Å². The van der Waals surface area contributed by atoms with Crippen LogP contribution in [0.15, 0.2) is 224 Å². The van der Waals surface area contributed by atoms with Gasteiger partial charge in [-0.15, -0.1) is 22.7 Å². The molecule has 3 heteroatoms. The van der Waals surface area contributed by atoms with Gasteiger partial charge in [-0.2, -0.15) is 0 Å². The lowest BCUT2D eigenvalue weighted by Crippen LogP contribution is -2.09. The van der Waals surface area contributed by atoms with Crippen molar-refractivity contribution in [2.45, 2.75) is 0 Å². The molecule has 0 bridgehead atoms. The SMILES string of the molecule is c1cc(-c2ccc(N(c3ccc(-c4cccc5c4sc4ccccc45)cc3)c3ccc(-c4cccc5c4sc4ccccc45)cc3)cc2)cc(-c2cccc3ccccc23)c1. The summed E-state index contributed by atoms with van der Waals surface area (Å²) in [4.78, 5) is 2.38. The average Bonchev–Trinajstić information content (AvgIpc) is 3.91. The summed E-state index contributed by atoms with van der Waals surface area (Å²) in [5.41, 5.74) is 13.1. The number of anilines is 3. The molecule has 0 saturated heterocycles. The van der Waals surface area contributed by atoms with Crippen molar-refractivity contribution >= 4 is 90.9 Å². The van der Waals surface area contributed by atoms with Gasteiger partial charge in [0.2, 0.25) is 0 Å². The van der Waals surface area contributed by atoms with Crippen molar-refractivity contribution < 1.29 is 0 Å². The van der Waals surface area contributed by atoms with Gasteiger partial charge in [0, 0.05) is 57.4 Å². The van der Waals surface area contributed by atoms with E-state index in [1.54, 1.807) is 0 Å². The molecule has 1 nitrogen and oxygen atoms in total. The Morgan fingerprint density at radius 2 is 0.672 bits per heavy atom. The summed E-state index contributed by atoms with van der Waals surface area (Å²) >= 11 is 3.76. The highest BCUT2D eigenvalue weighted by Gasteiger charge is 2.17. The van der Waals surface area contributed by atoms with Gasteiger partial charge in [-0.05, 0) is 110 Å². The van der Waals surface area contributed by atoms with Gasteiger partial charge in [0.05, 0.1) is 0 Å². The van der Waals surface area contributed by atoms with Gasteiger partial charge in [-0.3, -0.25) is 0 Å². The topological polar surface area (TPSA) is 3.24 Å². The molecule has 0 spiro atoms. The third kappa shape index (κ3) is 6.21. The van der Waals surface area contributed by atoms with Crippen LogP contribution in [-0.2, 0) is 0 Å². The first-order chi connectivity index (χ1) is 30.2. The molecule has 0 saturated carbocycles. The van der Waals surface area contributed by atoms with E-state index < -0.39 is 0 Å².